The van der Waals surface area contributed by atoms with E-state index in [9.17, 15) is 0 Å². The van der Waals surface area contributed by atoms with Crippen molar-refractivity contribution in [1.82, 2.24) is 25.5 Å². The molecule has 3 heterocycles. The van der Waals surface area contributed by atoms with Gasteiger partial charge in [-0.15, -0.1) is 10.2 Å². The average Bonchev–Trinajstić information content (AvgIpc) is 3.33. The Morgan fingerprint density at radius 3 is 2.70 bits per heavy atom. The number of hydrogen-bond acceptors (Lipinski definition) is 8. The van der Waals surface area contributed by atoms with Crippen LogP contribution >= 0.6 is 0 Å². The van der Waals surface area contributed by atoms with Gasteiger partial charge in [-0.25, -0.2) is 9.97 Å². The molecule has 3 aromatic rings. The molecule has 0 saturated carbocycles. The molecule has 1 atom stereocenters. The third-order valence-corrected chi connectivity index (χ3v) is 4.84. The van der Waals surface area contributed by atoms with Gasteiger partial charge in [-0.2, -0.15) is 0 Å². The van der Waals surface area contributed by atoms with Crippen LogP contribution in [0.25, 0.3) is 23.0 Å². The fraction of sp³-hybridized carbons (Fsp3) is 0.368. The van der Waals surface area contributed by atoms with Gasteiger partial charge in [0, 0.05) is 24.7 Å². The van der Waals surface area contributed by atoms with E-state index in [1.54, 1.807) is 6.20 Å². The molecule has 27 heavy (non-hydrogen) atoms. The van der Waals surface area contributed by atoms with Crippen molar-refractivity contribution in [3.63, 3.8) is 0 Å². The fourth-order valence-electron chi connectivity index (χ4n) is 3.36. The van der Waals surface area contributed by atoms with Crippen molar-refractivity contribution >= 4 is 11.6 Å². The quantitative estimate of drug-likeness (QED) is 0.710. The van der Waals surface area contributed by atoms with Gasteiger partial charge in [0.2, 0.25) is 5.89 Å². The molecule has 3 N–H and O–H groups in total. The van der Waals surface area contributed by atoms with Crippen molar-refractivity contribution < 1.29 is 4.42 Å². The second-order valence-corrected chi connectivity index (χ2v) is 6.79. The van der Waals surface area contributed by atoms with Gasteiger partial charge in [0.1, 0.15) is 5.82 Å². The normalized spacial score (nSPS) is 16.8. The lowest BCUT2D eigenvalue weighted by molar-refractivity contribution is 0.582. The Labute approximate surface area is 157 Å². The Bertz CT molecular complexity index is 922. The summed E-state index contributed by atoms with van der Waals surface area (Å²) in [5.41, 5.74) is 8.49. The van der Waals surface area contributed by atoms with Crippen LogP contribution in [0.15, 0.2) is 34.9 Å². The van der Waals surface area contributed by atoms with Gasteiger partial charge in [-0.1, -0.05) is 12.1 Å². The number of nitrogens with one attached hydrogen (secondary N) is 1. The van der Waals surface area contributed by atoms with Gasteiger partial charge in [0.25, 0.3) is 5.89 Å². The van der Waals surface area contributed by atoms with Crippen molar-refractivity contribution in [2.75, 3.05) is 24.2 Å². The maximum absolute atomic E-state index is 6.03. The number of anilines is 2. The van der Waals surface area contributed by atoms with Gasteiger partial charge in [-0.05, 0) is 44.5 Å². The van der Waals surface area contributed by atoms with E-state index in [2.05, 4.69) is 37.3 Å². The van der Waals surface area contributed by atoms with Crippen LogP contribution in [0.4, 0.5) is 11.6 Å². The molecule has 8 nitrogen and oxygen atoms in total. The lowest BCUT2D eigenvalue weighted by atomic mass is 10.1. The van der Waals surface area contributed by atoms with E-state index in [-0.39, 0.29) is 11.7 Å². The lowest BCUT2D eigenvalue weighted by Gasteiger charge is -2.22. The van der Waals surface area contributed by atoms with Crippen LogP contribution in [-0.2, 0) is 6.54 Å². The fourth-order valence-corrected chi connectivity index (χ4v) is 3.36. The topological polar surface area (TPSA) is 106 Å². The zero-order valence-corrected chi connectivity index (χ0v) is 15.5. The van der Waals surface area contributed by atoms with Crippen molar-refractivity contribution in [2.45, 2.75) is 32.4 Å². The first kappa shape index (κ1) is 17.4. The van der Waals surface area contributed by atoms with Crippen LogP contribution < -0.4 is 16.0 Å². The van der Waals surface area contributed by atoms with E-state index in [4.69, 9.17) is 10.2 Å². The molecule has 8 heteroatoms. The van der Waals surface area contributed by atoms with Crippen LogP contribution in [0.1, 0.15) is 25.3 Å². The van der Waals surface area contributed by atoms with E-state index in [1.165, 1.54) is 5.56 Å². The third-order valence-electron chi connectivity index (χ3n) is 4.84. The van der Waals surface area contributed by atoms with E-state index in [0.717, 1.165) is 37.3 Å². The van der Waals surface area contributed by atoms with E-state index in [0.29, 0.717) is 17.6 Å². The molecule has 1 aliphatic rings. The minimum absolute atomic E-state index is 0.281. The first-order valence-electron chi connectivity index (χ1n) is 9.12. The summed E-state index contributed by atoms with van der Waals surface area (Å²) in [6.45, 7) is 3.96. The van der Waals surface area contributed by atoms with Crippen molar-refractivity contribution in [3.8, 4) is 23.0 Å². The Hall–Kier alpha value is -3.00. The zero-order chi connectivity index (χ0) is 18.8. The molecule has 2 aromatic heterocycles. The third kappa shape index (κ3) is 3.48. The number of aromatic nitrogens is 4. The largest absolute Gasteiger partial charge is 0.414 e. The molecule has 1 fully saturated rings. The van der Waals surface area contributed by atoms with Crippen molar-refractivity contribution in [2.24, 2.45) is 0 Å². The molecule has 0 aliphatic carbocycles. The Morgan fingerprint density at radius 1 is 1.22 bits per heavy atom. The number of nitrogens with two attached hydrogens (primary N) is 1. The summed E-state index contributed by atoms with van der Waals surface area (Å²) >= 11 is 0. The molecule has 140 valence electrons. The van der Waals surface area contributed by atoms with Crippen LogP contribution in [0.5, 0.6) is 0 Å². The Balaban J connectivity index is 1.62. The molecule has 0 unspecified atom stereocenters. The Kier molecular flexibility index (Phi) is 4.72. The molecule has 1 saturated heterocycles. The first-order chi connectivity index (χ1) is 13.2. The zero-order valence-electron chi connectivity index (χ0n) is 15.5. The highest BCUT2D eigenvalue weighted by molar-refractivity contribution is 5.66. The average molecular weight is 365 g/mol. The molecule has 0 bridgehead atoms. The summed E-state index contributed by atoms with van der Waals surface area (Å²) in [6.07, 6.45) is 4.00. The molecule has 0 spiro atoms. The smallest absolute Gasteiger partial charge is 0.270 e. The predicted octanol–water partition coefficient (Wildman–Crippen LogP) is 2.48. The molecule has 0 amide bonds. The maximum Gasteiger partial charge on any atom is 0.270 e. The second-order valence-electron chi connectivity index (χ2n) is 6.79. The van der Waals surface area contributed by atoms with E-state index < -0.39 is 0 Å². The molecule has 0 radical (unpaired) electrons. The SMILES string of the molecule is CNCc1ccc(-c2nnc(-c3nc(N4CCC[C@H]4C)cnc3N)o2)cc1. The maximum atomic E-state index is 6.03. The highest BCUT2D eigenvalue weighted by Gasteiger charge is 2.24. The van der Waals surface area contributed by atoms with Crippen LogP contribution in [0.3, 0.4) is 0 Å². The summed E-state index contributed by atoms with van der Waals surface area (Å²) in [4.78, 5) is 11.2. The van der Waals surface area contributed by atoms with Crippen LogP contribution in [-0.4, -0.2) is 39.8 Å². The molecular formula is C19H23N7O. The van der Waals surface area contributed by atoms with Gasteiger partial charge >= 0.3 is 0 Å². The molecular weight excluding hydrogens is 342 g/mol. The van der Waals surface area contributed by atoms with E-state index >= 15 is 0 Å². The number of nitrogens with zero attached hydrogens (tertiary/aromatic N) is 5. The monoisotopic (exact) mass is 365 g/mol. The second kappa shape index (κ2) is 7.32. The number of rotatable bonds is 5. The summed E-state index contributed by atoms with van der Waals surface area (Å²) in [7, 11) is 1.92. The highest BCUT2D eigenvalue weighted by Crippen LogP contribution is 2.29. The summed E-state index contributed by atoms with van der Waals surface area (Å²) < 4.78 is 5.84. The number of benzene rings is 1. The standard InChI is InChI=1S/C19H23N7O/c1-12-4-3-9-26(12)15-11-22-17(20)16(23-15)19-25-24-18(27-19)14-7-5-13(6-8-14)10-21-2/h5-8,11-12,21H,3-4,9-10H2,1-2H3,(H2,20,22)/t12-/m1/s1. The molecule has 1 aliphatic heterocycles. The summed E-state index contributed by atoms with van der Waals surface area (Å²) in [5, 5.41) is 11.4. The van der Waals surface area contributed by atoms with Crippen molar-refractivity contribution in [3.05, 3.63) is 36.0 Å². The first-order valence-corrected chi connectivity index (χ1v) is 9.12. The molecule has 1 aromatic carbocycles. The van der Waals surface area contributed by atoms with Crippen molar-refractivity contribution in [1.29, 1.82) is 0 Å². The van der Waals surface area contributed by atoms with Crippen LogP contribution in [0, 0.1) is 0 Å². The Morgan fingerprint density at radius 2 is 2.00 bits per heavy atom. The minimum atomic E-state index is 0.281. The van der Waals surface area contributed by atoms with Gasteiger partial charge < -0.3 is 20.4 Å². The number of nitrogen functional groups attached to an aromatic ring is 1. The minimum Gasteiger partial charge on any atom is -0.414 e. The predicted molar refractivity (Wildman–Crippen MR) is 104 cm³/mol. The van der Waals surface area contributed by atoms with Gasteiger partial charge in [0.15, 0.2) is 11.5 Å². The van der Waals surface area contributed by atoms with E-state index in [1.807, 2.05) is 31.3 Å². The summed E-state index contributed by atoms with van der Waals surface area (Å²) in [5.74, 6) is 1.79. The van der Waals surface area contributed by atoms with Crippen LogP contribution in [0.2, 0.25) is 0 Å². The van der Waals surface area contributed by atoms with Gasteiger partial charge in [0.05, 0.1) is 6.20 Å². The number of hydrogen-bond donors (Lipinski definition) is 2. The lowest BCUT2D eigenvalue weighted by Crippen LogP contribution is -2.27. The summed E-state index contributed by atoms with van der Waals surface area (Å²) in [6, 6.07) is 8.41. The molecule has 4 rings (SSSR count). The highest BCUT2D eigenvalue weighted by atomic mass is 16.4. The van der Waals surface area contributed by atoms with Gasteiger partial charge in [-0.3, -0.25) is 0 Å².